The molecule has 17 heavy (non-hydrogen) atoms. The molecule has 0 amide bonds. The zero-order chi connectivity index (χ0) is 12.0. The van der Waals surface area contributed by atoms with Gasteiger partial charge >= 0.3 is 0 Å². The molecule has 0 spiro atoms. The molecule has 2 nitrogen and oxygen atoms in total. The van der Waals surface area contributed by atoms with Crippen molar-refractivity contribution >= 4 is 10.9 Å². The van der Waals surface area contributed by atoms with Gasteiger partial charge in [-0.15, -0.1) is 0 Å². The maximum Gasteiger partial charge on any atom is 0.0486 e. The van der Waals surface area contributed by atoms with Crippen molar-refractivity contribution in [2.24, 2.45) is 5.73 Å². The summed E-state index contributed by atoms with van der Waals surface area (Å²) in [4.78, 5) is 3.40. The van der Waals surface area contributed by atoms with E-state index in [1.807, 2.05) is 0 Å². The molecule has 1 aliphatic rings. The lowest BCUT2D eigenvalue weighted by Gasteiger charge is -2.07. The lowest BCUT2D eigenvalue weighted by Crippen LogP contribution is -2.21. The van der Waals surface area contributed by atoms with Gasteiger partial charge in [-0.2, -0.15) is 0 Å². The van der Waals surface area contributed by atoms with Gasteiger partial charge in [-0.05, 0) is 56.7 Å². The van der Waals surface area contributed by atoms with Gasteiger partial charge in [-0.1, -0.05) is 11.6 Å². The van der Waals surface area contributed by atoms with Crippen LogP contribution in [0.3, 0.4) is 0 Å². The summed E-state index contributed by atoms with van der Waals surface area (Å²) in [5.74, 6) is 0. The number of hydrogen-bond donors (Lipinski definition) is 2. The van der Waals surface area contributed by atoms with Crippen molar-refractivity contribution in [2.45, 2.75) is 45.1 Å². The summed E-state index contributed by atoms with van der Waals surface area (Å²) in [5, 5.41) is 1.38. The normalized spacial score (nSPS) is 17.6. The molecule has 3 rings (SSSR count). The van der Waals surface area contributed by atoms with E-state index in [2.05, 4.69) is 37.2 Å². The number of hydrogen-bond acceptors (Lipinski definition) is 1. The van der Waals surface area contributed by atoms with Crippen LogP contribution in [0.15, 0.2) is 18.3 Å². The summed E-state index contributed by atoms with van der Waals surface area (Å²) in [6, 6.07) is 4.51. The molecule has 2 aromatic rings. The van der Waals surface area contributed by atoms with Gasteiger partial charge < -0.3 is 10.7 Å². The van der Waals surface area contributed by atoms with Gasteiger partial charge in [-0.25, -0.2) is 0 Å². The van der Waals surface area contributed by atoms with Crippen molar-refractivity contribution in [2.75, 3.05) is 0 Å². The molecule has 1 saturated carbocycles. The average molecular weight is 228 g/mol. The SMILES string of the molecule is Cc1cc(C)c2[nH]cc(CCC3(N)CC3)c2c1. The molecule has 3 N–H and O–H groups in total. The van der Waals surface area contributed by atoms with Crippen LogP contribution in [0.2, 0.25) is 0 Å². The Morgan fingerprint density at radius 1 is 1.29 bits per heavy atom. The van der Waals surface area contributed by atoms with Gasteiger partial charge in [-0.3, -0.25) is 0 Å². The van der Waals surface area contributed by atoms with Gasteiger partial charge in [0.1, 0.15) is 0 Å². The van der Waals surface area contributed by atoms with E-state index in [4.69, 9.17) is 5.73 Å². The molecule has 1 heterocycles. The second kappa shape index (κ2) is 3.61. The maximum atomic E-state index is 6.16. The Bertz CT molecular complexity index is 562. The van der Waals surface area contributed by atoms with Crippen LogP contribution in [0.5, 0.6) is 0 Å². The molecule has 0 saturated heterocycles. The smallest absolute Gasteiger partial charge is 0.0486 e. The Labute approximate surface area is 102 Å². The van der Waals surface area contributed by atoms with E-state index in [0.29, 0.717) is 0 Å². The molecule has 0 atom stereocenters. The van der Waals surface area contributed by atoms with Crippen molar-refractivity contribution in [1.29, 1.82) is 0 Å². The molecule has 0 bridgehead atoms. The molecule has 90 valence electrons. The van der Waals surface area contributed by atoms with E-state index in [1.54, 1.807) is 0 Å². The summed E-state index contributed by atoms with van der Waals surface area (Å²) < 4.78 is 0. The minimum absolute atomic E-state index is 0.155. The average Bonchev–Trinajstić information content (AvgIpc) is 2.86. The highest BCUT2D eigenvalue weighted by molar-refractivity contribution is 5.86. The van der Waals surface area contributed by atoms with Crippen LogP contribution in [0, 0.1) is 13.8 Å². The number of aryl methyl sites for hydroxylation is 3. The summed E-state index contributed by atoms with van der Waals surface area (Å²) in [7, 11) is 0. The van der Waals surface area contributed by atoms with Crippen LogP contribution in [0.1, 0.15) is 36.0 Å². The number of H-pyrrole nitrogens is 1. The van der Waals surface area contributed by atoms with Crippen LogP contribution in [0.4, 0.5) is 0 Å². The maximum absolute atomic E-state index is 6.16. The first-order chi connectivity index (χ1) is 8.07. The third kappa shape index (κ3) is 1.98. The predicted molar refractivity (Wildman–Crippen MR) is 72.2 cm³/mol. The minimum Gasteiger partial charge on any atom is -0.361 e. The molecule has 0 unspecified atom stereocenters. The third-order valence-electron chi connectivity index (χ3n) is 4.00. The number of aromatic nitrogens is 1. The van der Waals surface area contributed by atoms with Crippen LogP contribution < -0.4 is 5.73 Å². The Morgan fingerprint density at radius 3 is 2.76 bits per heavy atom. The number of nitrogens with one attached hydrogen (secondary N) is 1. The fourth-order valence-corrected chi connectivity index (χ4v) is 2.65. The van der Waals surface area contributed by atoms with E-state index in [1.165, 1.54) is 40.4 Å². The summed E-state index contributed by atoms with van der Waals surface area (Å²) in [6.07, 6.45) is 6.77. The van der Waals surface area contributed by atoms with Crippen LogP contribution in [-0.2, 0) is 6.42 Å². The molecule has 0 aliphatic heterocycles. The molecule has 1 aromatic carbocycles. The number of fused-ring (bicyclic) bond motifs is 1. The van der Waals surface area contributed by atoms with Gasteiger partial charge in [0.2, 0.25) is 0 Å². The number of rotatable bonds is 3. The lowest BCUT2D eigenvalue weighted by molar-refractivity contribution is 0.610. The van der Waals surface area contributed by atoms with Crippen molar-refractivity contribution in [3.63, 3.8) is 0 Å². The first-order valence-corrected chi connectivity index (χ1v) is 6.43. The molecule has 2 heteroatoms. The first kappa shape index (κ1) is 10.8. The Hall–Kier alpha value is -1.28. The zero-order valence-corrected chi connectivity index (χ0v) is 10.6. The van der Waals surface area contributed by atoms with E-state index in [9.17, 15) is 0 Å². The Balaban J connectivity index is 1.93. The second-order valence-corrected chi connectivity index (χ2v) is 5.68. The summed E-state index contributed by atoms with van der Waals surface area (Å²) in [6.45, 7) is 4.33. The van der Waals surface area contributed by atoms with Crippen molar-refractivity contribution in [3.05, 3.63) is 35.0 Å². The standard InChI is InChI=1S/C15H20N2/c1-10-7-11(2)14-13(8-10)12(9-17-14)3-4-15(16)5-6-15/h7-9,17H,3-6,16H2,1-2H3. The Kier molecular flexibility index (Phi) is 2.30. The largest absolute Gasteiger partial charge is 0.361 e. The molecule has 1 fully saturated rings. The zero-order valence-electron chi connectivity index (χ0n) is 10.6. The number of benzene rings is 1. The van der Waals surface area contributed by atoms with Gasteiger partial charge in [0, 0.05) is 22.6 Å². The molecule has 0 radical (unpaired) electrons. The van der Waals surface area contributed by atoms with Crippen molar-refractivity contribution in [3.8, 4) is 0 Å². The van der Waals surface area contributed by atoms with E-state index < -0.39 is 0 Å². The fraction of sp³-hybridized carbons (Fsp3) is 0.467. The van der Waals surface area contributed by atoms with Gasteiger partial charge in [0.15, 0.2) is 0 Å². The third-order valence-corrected chi connectivity index (χ3v) is 4.00. The van der Waals surface area contributed by atoms with E-state index in [-0.39, 0.29) is 5.54 Å². The van der Waals surface area contributed by atoms with Crippen molar-refractivity contribution < 1.29 is 0 Å². The monoisotopic (exact) mass is 228 g/mol. The molecule has 1 aromatic heterocycles. The van der Waals surface area contributed by atoms with Crippen LogP contribution >= 0.6 is 0 Å². The van der Waals surface area contributed by atoms with Crippen LogP contribution in [0.25, 0.3) is 10.9 Å². The lowest BCUT2D eigenvalue weighted by atomic mass is 10.0. The topological polar surface area (TPSA) is 41.8 Å². The molecule has 1 aliphatic carbocycles. The predicted octanol–water partition coefficient (Wildman–Crippen LogP) is 3.21. The van der Waals surface area contributed by atoms with E-state index >= 15 is 0 Å². The van der Waals surface area contributed by atoms with Gasteiger partial charge in [0.05, 0.1) is 0 Å². The van der Waals surface area contributed by atoms with E-state index in [0.717, 1.165) is 12.8 Å². The molecular weight excluding hydrogens is 208 g/mol. The highest BCUT2D eigenvalue weighted by Gasteiger charge is 2.37. The highest BCUT2D eigenvalue weighted by atomic mass is 14.8. The van der Waals surface area contributed by atoms with Crippen molar-refractivity contribution in [1.82, 2.24) is 4.98 Å². The summed E-state index contributed by atoms with van der Waals surface area (Å²) >= 11 is 0. The molecular formula is C15H20N2. The number of nitrogens with two attached hydrogens (primary N) is 1. The second-order valence-electron chi connectivity index (χ2n) is 5.68. The highest BCUT2D eigenvalue weighted by Crippen LogP contribution is 2.37. The summed E-state index contributed by atoms with van der Waals surface area (Å²) in [5.41, 5.74) is 11.7. The first-order valence-electron chi connectivity index (χ1n) is 6.43. The fourth-order valence-electron chi connectivity index (χ4n) is 2.65. The quantitative estimate of drug-likeness (QED) is 0.832. The van der Waals surface area contributed by atoms with Gasteiger partial charge in [0.25, 0.3) is 0 Å². The van der Waals surface area contributed by atoms with Crippen LogP contribution in [-0.4, -0.2) is 10.5 Å². The minimum atomic E-state index is 0.155. The number of aromatic amines is 1. The Morgan fingerprint density at radius 2 is 2.06 bits per heavy atom.